The molecule has 10 heteroatoms. The number of carbonyl (C=O) groups is 2. The Hall–Kier alpha value is -4.08. The second-order valence-electron chi connectivity index (χ2n) is 10.0. The summed E-state index contributed by atoms with van der Waals surface area (Å²) in [6, 6.07) is 10.2. The summed E-state index contributed by atoms with van der Waals surface area (Å²) >= 11 is 0. The highest BCUT2D eigenvalue weighted by atomic mass is 19.1. The normalized spacial score (nSPS) is 21.3. The summed E-state index contributed by atoms with van der Waals surface area (Å²) in [5.74, 6) is -4.45. The number of amides is 2. The molecule has 0 spiro atoms. The molecule has 0 unspecified atom stereocenters. The summed E-state index contributed by atoms with van der Waals surface area (Å²) in [6.45, 7) is -0.189. The van der Waals surface area contributed by atoms with Crippen LogP contribution in [0.25, 0.3) is 0 Å². The lowest BCUT2D eigenvalue weighted by Gasteiger charge is -2.40. The van der Waals surface area contributed by atoms with Crippen molar-refractivity contribution in [3.05, 3.63) is 98.7 Å². The van der Waals surface area contributed by atoms with Gasteiger partial charge in [-0.05, 0) is 30.7 Å². The number of rotatable bonds is 6. The Morgan fingerprint density at radius 3 is 2.53 bits per heavy atom. The van der Waals surface area contributed by atoms with Crippen LogP contribution in [0.4, 0.5) is 13.2 Å². The highest BCUT2D eigenvalue weighted by molar-refractivity contribution is 5.99. The zero-order valence-corrected chi connectivity index (χ0v) is 20.3. The van der Waals surface area contributed by atoms with Gasteiger partial charge in [0, 0.05) is 43.0 Å². The smallest absolute Gasteiger partial charge is 0.275 e. The molecule has 3 atom stereocenters. The number of hydrogen-bond donors (Lipinski definition) is 1. The molecule has 7 nitrogen and oxygen atoms in total. The van der Waals surface area contributed by atoms with Gasteiger partial charge in [0.2, 0.25) is 5.43 Å². The third-order valence-electron chi connectivity index (χ3n) is 7.80. The Morgan fingerprint density at radius 2 is 1.79 bits per heavy atom. The molecule has 38 heavy (non-hydrogen) atoms. The van der Waals surface area contributed by atoms with E-state index in [2.05, 4.69) is 5.32 Å². The molecule has 2 amide bonds. The van der Waals surface area contributed by atoms with Crippen molar-refractivity contribution in [3.8, 4) is 5.75 Å². The number of benzene rings is 2. The maximum atomic E-state index is 14.1. The average Bonchev–Trinajstić information content (AvgIpc) is 3.50. The molecule has 3 aliphatic rings. The van der Waals surface area contributed by atoms with Gasteiger partial charge in [0.25, 0.3) is 11.8 Å². The van der Waals surface area contributed by atoms with Gasteiger partial charge in [-0.25, -0.2) is 13.2 Å². The van der Waals surface area contributed by atoms with E-state index in [1.807, 2.05) is 35.2 Å². The molecule has 2 fully saturated rings. The lowest BCUT2D eigenvalue weighted by Crippen LogP contribution is -2.52. The fourth-order valence-electron chi connectivity index (χ4n) is 6.00. The van der Waals surface area contributed by atoms with Gasteiger partial charge < -0.3 is 19.5 Å². The summed E-state index contributed by atoms with van der Waals surface area (Å²) in [5, 5.41) is 2.34. The summed E-state index contributed by atoms with van der Waals surface area (Å²) in [4.78, 5) is 42.1. The number of nitrogens with zero attached hydrogens (tertiary/aromatic N) is 2. The van der Waals surface area contributed by atoms with Crippen molar-refractivity contribution in [3.63, 3.8) is 0 Å². The number of aromatic nitrogens is 1. The molecule has 196 valence electrons. The van der Waals surface area contributed by atoms with E-state index in [0.717, 1.165) is 24.8 Å². The molecule has 1 saturated carbocycles. The van der Waals surface area contributed by atoms with E-state index in [9.17, 15) is 27.6 Å². The van der Waals surface area contributed by atoms with Crippen molar-refractivity contribution in [1.29, 1.82) is 0 Å². The highest BCUT2D eigenvalue weighted by Crippen LogP contribution is 2.46. The van der Waals surface area contributed by atoms with Crippen LogP contribution in [0.3, 0.4) is 0 Å². The van der Waals surface area contributed by atoms with Crippen LogP contribution in [0.15, 0.2) is 53.5 Å². The molecule has 1 aliphatic carbocycles. The Kier molecular flexibility index (Phi) is 5.97. The zero-order chi connectivity index (χ0) is 26.6. The number of ether oxygens (including phenoxy) is 1. The summed E-state index contributed by atoms with van der Waals surface area (Å²) in [7, 11) is 0. The van der Waals surface area contributed by atoms with Gasteiger partial charge in [0.1, 0.15) is 29.6 Å². The Morgan fingerprint density at radius 1 is 1.05 bits per heavy atom. The van der Waals surface area contributed by atoms with Crippen LogP contribution in [0.2, 0.25) is 0 Å². The fourth-order valence-corrected chi connectivity index (χ4v) is 6.00. The molecule has 1 saturated heterocycles. The molecule has 2 aliphatic heterocycles. The van der Waals surface area contributed by atoms with Crippen LogP contribution in [0.1, 0.15) is 51.2 Å². The van der Waals surface area contributed by atoms with Crippen LogP contribution in [-0.2, 0) is 19.7 Å². The number of hydrogen-bond acceptors (Lipinski definition) is 4. The monoisotopic (exact) mass is 523 g/mol. The van der Waals surface area contributed by atoms with Crippen LogP contribution in [0, 0.1) is 23.4 Å². The van der Waals surface area contributed by atoms with E-state index in [1.54, 1.807) is 4.57 Å². The topological polar surface area (TPSA) is 80.6 Å². The van der Waals surface area contributed by atoms with Crippen molar-refractivity contribution in [1.82, 2.24) is 14.8 Å². The van der Waals surface area contributed by atoms with E-state index >= 15 is 0 Å². The zero-order valence-electron chi connectivity index (χ0n) is 20.3. The van der Waals surface area contributed by atoms with Crippen molar-refractivity contribution in [2.24, 2.45) is 5.92 Å². The van der Waals surface area contributed by atoms with E-state index in [4.69, 9.17) is 4.74 Å². The first kappa shape index (κ1) is 24.3. The first-order valence-corrected chi connectivity index (χ1v) is 12.5. The summed E-state index contributed by atoms with van der Waals surface area (Å²) in [5.41, 5.74) is -0.776. The van der Waals surface area contributed by atoms with E-state index in [1.165, 1.54) is 6.20 Å². The van der Waals surface area contributed by atoms with Crippen molar-refractivity contribution < 1.29 is 27.5 Å². The van der Waals surface area contributed by atoms with E-state index in [-0.39, 0.29) is 41.6 Å². The quantitative estimate of drug-likeness (QED) is 0.534. The van der Waals surface area contributed by atoms with Crippen LogP contribution < -0.4 is 15.5 Å². The number of piperidine rings is 1. The number of halogens is 3. The maximum Gasteiger partial charge on any atom is 0.275 e. The van der Waals surface area contributed by atoms with Gasteiger partial charge in [0.15, 0.2) is 11.4 Å². The van der Waals surface area contributed by atoms with Gasteiger partial charge in [-0.1, -0.05) is 30.3 Å². The van der Waals surface area contributed by atoms with Gasteiger partial charge in [0.05, 0.1) is 6.04 Å². The molecule has 3 heterocycles. The highest BCUT2D eigenvalue weighted by Gasteiger charge is 2.51. The Labute approximate surface area is 215 Å². The van der Waals surface area contributed by atoms with Crippen molar-refractivity contribution in [2.75, 3.05) is 0 Å². The predicted octanol–water partition coefficient (Wildman–Crippen LogP) is 3.78. The summed E-state index contributed by atoms with van der Waals surface area (Å²) in [6.07, 6.45) is 4.18. The van der Waals surface area contributed by atoms with Crippen molar-refractivity contribution in [2.45, 2.75) is 51.0 Å². The maximum absolute atomic E-state index is 14.1. The fraction of sp³-hybridized carbons (Fsp3) is 0.321. The Balaban J connectivity index is 1.36. The van der Waals surface area contributed by atoms with Gasteiger partial charge >= 0.3 is 0 Å². The van der Waals surface area contributed by atoms with Gasteiger partial charge in [-0.2, -0.15) is 0 Å². The molecule has 0 radical (unpaired) electrons. The Bertz CT molecular complexity index is 1480. The number of carbonyl (C=O) groups excluding carboxylic acids is 2. The summed E-state index contributed by atoms with van der Waals surface area (Å²) < 4.78 is 48.9. The average molecular weight is 524 g/mol. The molecule has 2 aromatic carbocycles. The molecule has 1 N–H and O–H groups in total. The van der Waals surface area contributed by atoms with Crippen LogP contribution in [-0.4, -0.2) is 33.4 Å². The molecule has 6 rings (SSSR count). The first-order chi connectivity index (χ1) is 18.3. The largest absolute Gasteiger partial charge is 0.483 e. The third kappa shape index (κ3) is 4.04. The van der Waals surface area contributed by atoms with E-state index in [0.29, 0.717) is 24.6 Å². The molecule has 3 aromatic rings. The first-order valence-electron chi connectivity index (χ1n) is 12.5. The number of fused-ring (bicyclic) bond motifs is 6. The molecular formula is C28H24F3N3O4. The number of pyridine rings is 1. The standard InChI is InChI=1S/C28H24F3N3O4/c29-17-9-21(30)19(22(31)10-17)11-32-27(36)20-12-33-13-23-16-6-7-18(8-16)34(23)28(37)24(33)26(25(20)35)38-14-15-4-2-1-3-5-15/h1-5,9-10,12,16,18,23H,6-8,11,13-14H2,(H,32,36)/t16-,18+,23+/m1/s1. The SMILES string of the molecule is O=C(NCc1c(F)cc(F)cc1F)c1cn2c(c(OCc3ccccc3)c1=O)C(=O)N1[C@H]3CC[C@H](C3)[C@@H]1C2. The van der Waals surface area contributed by atoms with E-state index < -0.39 is 40.9 Å². The third-order valence-corrected chi connectivity index (χ3v) is 7.80. The second-order valence-corrected chi connectivity index (χ2v) is 10.0. The van der Waals surface area contributed by atoms with Crippen LogP contribution >= 0.6 is 0 Å². The number of nitrogens with one attached hydrogen (secondary N) is 1. The van der Waals surface area contributed by atoms with Crippen LogP contribution in [0.5, 0.6) is 5.75 Å². The predicted molar refractivity (Wildman–Crippen MR) is 130 cm³/mol. The lowest BCUT2D eigenvalue weighted by molar-refractivity contribution is 0.0479. The van der Waals surface area contributed by atoms with Gasteiger partial charge in [-0.15, -0.1) is 0 Å². The second kappa shape index (κ2) is 9.34. The molecule has 1 aromatic heterocycles. The minimum Gasteiger partial charge on any atom is -0.483 e. The lowest BCUT2D eigenvalue weighted by atomic mass is 9.95. The van der Waals surface area contributed by atoms with Gasteiger partial charge in [-0.3, -0.25) is 14.4 Å². The molecule has 2 bridgehead atoms. The molecular weight excluding hydrogens is 499 g/mol. The van der Waals surface area contributed by atoms with Crippen molar-refractivity contribution >= 4 is 11.8 Å². The minimum atomic E-state index is -1.15. The minimum absolute atomic E-state index is 0.00289.